The van der Waals surface area contributed by atoms with Crippen molar-refractivity contribution in [1.29, 1.82) is 0 Å². The number of rotatable bonds is 10. The summed E-state index contributed by atoms with van der Waals surface area (Å²) in [6, 6.07) is 12.1. The molecule has 0 bridgehead atoms. The summed E-state index contributed by atoms with van der Waals surface area (Å²) in [5.41, 5.74) is 2.12. The van der Waals surface area contributed by atoms with Crippen molar-refractivity contribution in [3.05, 3.63) is 65.9 Å². The number of aliphatic carboxylic acids is 1. The van der Waals surface area contributed by atoms with Crippen LogP contribution in [0.1, 0.15) is 24.8 Å². The summed E-state index contributed by atoms with van der Waals surface area (Å²) in [5.74, 6) is -1.35. The molecule has 0 amide bonds. The topological polar surface area (TPSA) is 62.7 Å². The zero-order valence-electron chi connectivity index (χ0n) is 19.8. The highest BCUT2D eigenvalue weighted by atomic mass is 32.2. The number of ether oxygens (including phenoxy) is 1. The average molecular weight is 501 g/mol. The van der Waals surface area contributed by atoms with E-state index < -0.39 is 23.5 Å². The first-order valence-electron chi connectivity index (χ1n) is 11.9. The Hall–Kier alpha value is -2.71. The van der Waals surface area contributed by atoms with Gasteiger partial charge in [-0.15, -0.1) is 11.8 Å². The molecular weight excluding hydrogens is 470 g/mol. The SMILES string of the molecule is COc1ccc2nccc(CCC[C@@H]3CCN(CCSc4cccc(F)c4F)C[C@@H]3C(=O)O)c2c1. The first-order valence-corrected chi connectivity index (χ1v) is 12.9. The second-order valence-electron chi connectivity index (χ2n) is 8.94. The standard InChI is InChI=1S/C27H30F2N2O3S/c1-34-20-8-9-24-21(16-20)18(10-12-30-24)4-2-5-19-11-13-31(17-22(19)27(32)33)14-15-35-25-7-3-6-23(28)26(25)29/h3,6-10,12,16,19,22H,2,4-5,11,13-15,17H2,1H3,(H,32,33)/t19-,22+/m1/s1. The van der Waals surface area contributed by atoms with Gasteiger partial charge >= 0.3 is 5.97 Å². The molecule has 2 heterocycles. The molecule has 0 unspecified atom stereocenters. The number of methoxy groups -OCH3 is 1. The van der Waals surface area contributed by atoms with Crippen molar-refractivity contribution in [2.75, 3.05) is 32.5 Å². The number of carbonyl (C=O) groups is 1. The Kier molecular flexibility index (Phi) is 8.57. The third kappa shape index (κ3) is 6.30. The number of likely N-dealkylation sites (tertiary alicyclic amines) is 1. The van der Waals surface area contributed by atoms with E-state index in [0.717, 1.165) is 54.9 Å². The van der Waals surface area contributed by atoms with Gasteiger partial charge in [-0.1, -0.05) is 6.07 Å². The monoisotopic (exact) mass is 500 g/mol. The van der Waals surface area contributed by atoms with Gasteiger partial charge in [0.15, 0.2) is 11.6 Å². The van der Waals surface area contributed by atoms with Crippen LogP contribution in [-0.4, -0.2) is 53.5 Å². The number of fused-ring (bicyclic) bond motifs is 1. The van der Waals surface area contributed by atoms with Crippen molar-refractivity contribution in [2.24, 2.45) is 11.8 Å². The number of aromatic nitrogens is 1. The van der Waals surface area contributed by atoms with E-state index in [1.807, 2.05) is 30.5 Å². The number of thioether (sulfide) groups is 1. The number of hydrogen-bond donors (Lipinski definition) is 1. The van der Waals surface area contributed by atoms with Crippen LogP contribution in [0.2, 0.25) is 0 Å². The molecule has 1 aromatic heterocycles. The molecule has 8 heteroatoms. The minimum absolute atomic E-state index is 0.125. The highest BCUT2D eigenvalue weighted by molar-refractivity contribution is 7.99. The van der Waals surface area contributed by atoms with Gasteiger partial charge in [0, 0.05) is 35.3 Å². The Morgan fingerprint density at radius 1 is 1.26 bits per heavy atom. The Morgan fingerprint density at radius 2 is 2.11 bits per heavy atom. The molecule has 35 heavy (non-hydrogen) atoms. The first kappa shape index (κ1) is 25.4. The number of halogens is 2. The number of aryl methyl sites for hydroxylation is 1. The smallest absolute Gasteiger partial charge is 0.308 e. The van der Waals surface area contributed by atoms with Crippen LogP contribution in [0.15, 0.2) is 53.6 Å². The van der Waals surface area contributed by atoms with Gasteiger partial charge < -0.3 is 14.7 Å². The lowest BCUT2D eigenvalue weighted by molar-refractivity contribution is -0.146. The number of nitrogens with zero attached hydrogens (tertiary/aromatic N) is 2. The molecule has 1 aliphatic rings. The number of benzene rings is 2. The lowest BCUT2D eigenvalue weighted by Gasteiger charge is -2.36. The maximum atomic E-state index is 13.9. The van der Waals surface area contributed by atoms with Crippen LogP contribution in [0.4, 0.5) is 8.78 Å². The van der Waals surface area contributed by atoms with Crippen molar-refractivity contribution in [3.63, 3.8) is 0 Å². The Balaban J connectivity index is 1.30. The van der Waals surface area contributed by atoms with Gasteiger partial charge in [-0.05, 0) is 80.1 Å². The number of carboxylic acids is 1. The van der Waals surface area contributed by atoms with E-state index in [1.165, 1.54) is 23.4 Å². The predicted molar refractivity (Wildman–Crippen MR) is 134 cm³/mol. The van der Waals surface area contributed by atoms with E-state index >= 15 is 0 Å². The zero-order valence-corrected chi connectivity index (χ0v) is 20.6. The molecule has 186 valence electrons. The number of hydrogen-bond acceptors (Lipinski definition) is 5. The van der Waals surface area contributed by atoms with Gasteiger partial charge in [-0.25, -0.2) is 8.78 Å². The van der Waals surface area contributed by atoms with Crippen LogP contribution < -0.4 is 4.74 Å². The number of piperidine rings is 1. The zero-order chi connectivity index (χ0) is 24.8. The summed E-state index contributed by atoms with van der Waals surface area (Å²) < 4.78 is 32.6. The molecule has 4 rings (SSSR count). The summed E-state index contributed by atoms with van der Waals surface area (Å²) in [6.07, 6.45) is 5.24. The van der Waals surface area contributed by atoms with Crippen LogP contribution in [0.5, 0.6) is 5.75 Å². The Morgan fingerprint density at radius 3 is 2.91 bits per heavy atom. The molecule has 3 aromatic rings. The maximum Gasteiger partial charge on any atom is 0.308 e. The number of pyridine rings is 1. The summed E-state index contributed by atoms with van der Waals surface area (Å²) in [7, 11) is 1.65. The van der Waals surface area contributed by atoms with Gasteiger partial charge in [0.05, 0.1) is 18.5 Å². The lowest BCUT2D eigenvalue weighted by Crippen LogP contribution is -2.44. The van der Waals surface area contributed by atoms with E-state index in [4.69, 9.17) is 4.74 Å². The van der Waals surface area contributed by atoms with E-state index in [1.54, 1.807) is 13.2 Å². The fourth-order valence-corrected chi connectivity index (χ4v) is 5.83. The molecule has 1 saturated heterocycles. The molecule has 1 aliphatic heterocycles. The maximum absolute atomic E-state index is 13.9. The highest BCUT2D eigenvalue weighted by Gasteiger charge is 2.33. The third-order valence-electron chi connectivity index (χ3n) is 6.80. The van der Waals surface area contributed by atoms with Gasteiger partial charge in [0.2, 0.25) is 0 Å². The van der Waals surface area contributed by atoms with Gasteiger partial charge in [-0.2, -0.15) is 0 Å². The summed E-state index contributed by atoms with van der Waals surface area (Å²) >= 11 is 1.26. The van der Waals surface area contributed by atoms with E-state index in [0.29, 0.717) is 18.8 Å². The second-order valence-corrected chi connectivity index (χ2v) is 10.1. The minimum Gasteiger partial charge on any atom is -0.497 e. The van der Waals surface area contributed by atoms with Gasteiger partial charge in [0.25, 0.3) is 0 Å². The van der Waals surface area contributed by atoms with Crippen LogP contribution >= 0.6 is 11.8 Å². The summed E-state index contributed by atoms with van der Waals surface area (Å²) in [6.45, 7) is 1.94. The molecule has 5 nitrogen and oxygen atoms in total. The van der Waals surface area contributed by atoms with E-state index in [9.17, 15) is 18.7 Å². The van der Waals surface area contributed by atoms with Crippen molar-refractivity contribution >= 4 is 28.6 Å². The van der Waals surface area contributed by atoms with Crippen LogP contribution in [0.3, 0.4) is 0 Å². The fourth-order valence-electron chi connectivity index (χ4n) is 4.86. The molecule has 0 spiro atoms. The van der Waals surface area contributed by atoms with Crippen molar-refractivity contribution < 1.29 is 23.4 Å². The Bertz CT molecular complexity index is 1180. The lowest BCUT2D eigenvalue weighted by atomic mass is 9.81. The quantitative estimate of drug-likeness (QED) is 0.363. The van der Waals surface area contributed by atoms with Crippen molar-refractivity contribution in [3.8, 4) is 5.75 Å². The van der Waals surface area contributed by atoms with Gasteiger partial charge in [-0.3, -0.25) is 9.78 Å². The summed E-state index contributed by atoms with van der Waals surface area (Å²) in [5, 5.41) is 10.9. The fraction of sp³-hybridized carbons (Fsp3) is 0.407. The normalized spacial score (nSPS) is 18.6. The molecule has 1 fully saturated rings. The van der Waals surface area contributed by atoms with E-state index in [2.05, 4.69) is 9.88 Å². The van der Waals surface area contributed by atoms with Crippen LogP contribution in [0.25, 0.3) is 10.9 Å². The van der Waals surface area contributed by atoms with Crippen LogP contribution in [0, 0.1) is 23.5 Å². The Labute approximate surface area is 208 Å². The van der Waals surface area contributed by atoms with Crippen molar-refractivity contribution in [1.82, 2.24) is 9.88 Å². The molecule has 1 N–H and O–H groups in total. The molecular formula is C27H30F2N2O3S. The minimum atomic E-state index is -0.847. The first-order chi connectivity index (χ1) is 17.0. The molecule has 0 aliphatic carbocycles. The van der Waals surface area contributed by atoms with Gasteiger partial charge in [0.1, 0.15) is 5.75 Å². The molecule has 2 aromatic carbocycles. The molecule has 2 atom stereocenters. The molecule has 0 saturated carbocycles. The second kappa shape index (κ2) is 11.8. The van der Waals surface area contributed by atoms with Crippen molar-refractivity contribution in [2.45, 2.75) is 30.6 Å². The van der Waals surface area contributed by atoms with E-state index in [-0.39, 0.29) is 10.8 Å². The van der Waals surface area contributed by atoms with Crippen LogP contribution in [-0.2, 0) is 11.2 Å². The largest absolute Gasteiger partial charge is 0.497 e. The summed E-state index contributed by atoms with van der Waals surface area (Å²) in [4.78, 5) is 18.9. The predicted octanol–water partition coefficient (Wildman–Crippen LogP) is 5.66. The highest BCUT2D eigenvalue weighted by Crippen LogP contribution is 2.31. The third-order valence-corrected chi connectivity index (χ3v) is 7.81. The molecule has 0 radical (unpaired) electrons. The number of carboxylic acid groups (broad SMARTS) is 1. The average Bonchev–Trinajstić information content (AvgIpc) is 2.87.